The Kier molecular flexibility index (Phi) is 6.09. The SMILES string of the molecule is c1cc(-c2ccnc(-n3c4ccccc4c4cc(-n5c6ccccc6c6cccnc65)ccc43)c2)cc(-c2cccc3c2sc2ccccc23)c1. The number of thiophene rings is 1. The zero-order chi connectivity index (χ0) is 33.5. The van der Waals surface area contributed by atoms with Gasteiger partial charge in [-0.2, -0.15) is 0 Å². The number of nitrogens with zero attached hydrogens (tertiary/aromatic N) is 4. The maximum atomic E-state index is 4.96. The highest BCUT2D eigenvalue weighted by atomic mass is 32.1. The van der Waals surface area contributed by atoms with Crippen molar-refractivity contribution < 1.29 is 0 Å². The predicted molar refractivity (Wildman–Crippen MR) is 214 cm³/mol. The average molecular weight is 669 g/mol. The van der Waals surface area contributed by atoms with Crippen molar-refractivity contribution in [2.45, 2.75) is 0 Å². The molecule has 0 bridgehead atoms. The van der Waals surface area contributed by atoms with Crippen molar-refractivity contribution in [3.8, 4) is 33.8 Å². The zero-order valence-corrected chi connectivity index (χ0v) is 28.2. The van der Waals surface area contributed by atoms with Crippen molar-refractivity contribution in [1.29, 1.82) is 0 Å². The Bertz CT molecular complexity index is 3110. The van der Waals surface area contributed by atoms with E-state index < -0.39 is 0 Å². The monoisotopic (exact) mass is 668 g/mol. The van der Waals surface area contributed by atoms with Gasteiger partial charge in [0.15, 0.2) is 0 Å². The molecule has 4 nitrogen and oxygen atoms in total. The molecule has 238 valence electrons. The summed E-state index contributed by atoms with van der Waals surface area (Å²) in [5, 5.41) is 7.35. The molecule has 11 rings (SSSR count). The predicted octanol–water partition coefficient (Wildman–Crippen LogP) is 12.4. The van der Waals surface area contributed by atoms with Gasteiger partial charge < -0.3 is 0 Å². The second-order valence-corrected chi connectivity index (χ2v) is 14.1. The van der Waals surface area contributed by atoms with Crippen LogP contribution in [-0.2, 0) is 0 Å². The van der Waals surface area contributed by atoms with Crippen LogP contribution in [0.3, 0.4) is 0 Å². The van der Waals surface area contributed by atoms with Gasteiger partial charge in [-0.25, -0.2) is 9.97 Å². The molecule has 0 spiro atoms. The third-order valence-corrected chi connectivity index (χ3v) is 11.5. The number of para-hydroxylation sites is 2. The highest BCUT2D eigenvalue weighted by Crippen LogP contribution is 2.41. The van der Waals surface area contributed by atoms with E-state index >= 15 is 0 Å². The van der Waals surface area contributed by atoms with Crippen LogP contribution < -0.4 is 0 Å². The standard InChI is InChI=1S/C46H28N4S/c1-4-18-40-34(12-1)38-17-9-24-48-46(38)49(40)32-21-22-42-39(28-32)35-13-2-5-19-41(35)50(42)44-27-30(23-25-47-44)29-10-7-11-31(26-29)33-15-8-16-37-36-14-3-6-20-43(36)51-45(33)37/h1-28H. The fraction of sp³-hybridized carbons (Fsp3) is 0. The molecule has 5 heterocycles. The Hall–Kier alpha value is -6.56. The first-order valence-corrected chi connectivity index (χ1v) is 18.0. The molecule has 0 N–H and O–H groups in total. The molecule has 0 amide bonds. The quantitative estimate of drug-likeness (QED) is 0.187. The van der Waals surface area contributed by atoms with Gasteiger partial charge in [-0.05, 0) is 89.0 Å². The molecule has 0 aliphatic carbocycles. The summed E-state index contributed by atoms with van der Waals surface area (Å²) in [4.78, 5) is 9.78. The number of benzene rings is 6. The van der Waals surface area contributed by atoms with Crippen LogP contribution in [0, 0.1) is 0 Å². The fourth-order valence-electron chi connectivity index (χ4n) is 7.97. The van der Waals surface area contributed by atoms with Crippen molar-refractivity contribution in [3.05, 3.63) is 170 Å². The fourth-order valence-corrected chi connectivity index (χ4v) is 9.20. The summed E-state index contributed by atoms with van der Waals surface area (Å²) in [6.45, 7) is 0. The highest BCUT2D eigenvalue weighted by Gasteiger charge is 2.18. The molecule has 5 heteroatoms. The van der Waals surface area contributed by atoms with Gasteiger partial charge in [0.25, 0.3) is 0 Å². The van der Waals surface area contributed by atoms with Gasteiger partial charge in [-0.1, -0.05) is 91.0 Å². The van der Waals surface area contributed by atoms with Crippen LogP contribution in [0.1, 0.15) is 0 Å². The first-order chi connectivity index (χ1) is 25.3. The summed E-state index contributed by atoms with van der Waals surface area (Å²) in [5.41, 5.74) is 10.2. The van der Waals surface area contributed by atoms with E-state index in [4.69, 9.17) is 9.97 Å². The molecule has 0 aliphatic heterocycles. The minimum absolute atomic E-state index is 0.891. The zero-order valence-electron chi connectivity index (χ0n) is 27.4. The molecule has 0 atom stereocenters. The summed E-state index contributed by atoms with van der Waals surface area (Å²) in [5.74, 6) is 0.891. The molecule has 11 aromatic rings. The first-order valence-electron chi connectivity index (χ1n) is 17.2. The lowest BCUT2D eigenvalue weighted by molar-refractivity contribution is 1.08. The normalized spacial score (nSPS) is 11.9. The summed E-state index contributed by atoms with van der Waals surface area (Å²) in [7, 11) is 0. The molecule has 51 heavy (non-hydrogen) atoms. The van der Waals surface area contributed by atoms with E-state index in [1.807, 2.05) is 29.8 Å². The third kappa shape index (κ3) is 4.25. The van der Waals surface area contributed by atoms with Crippen LogP contribution >= 0.6 is 11.3 Å². The van der Waals surface area contributed by atoms with E-state index in [-0.39, 0.29) is 0 Å². The summed E-state index contributed by atoms with van der Waals surface area (Å²) in [6, 6.07) is 56.7. The third-order valence-electron chi connectivity index (χ3n) is 10.2. The van der Waals surface area contributed by atoms with E-state index in [0.717, 1.165) is 50.2 Å². The molecule has 0 radical (unpaired) electrons. The van der Waals surface area contributed by atoms with Crippen LogP contribution in [-0.4, -0.2) is 19.1 Å². The Morgan fingerprint density at radius 1 is 0.412 bits per heavy atom. The van der Waals surface area contributed by atoms with E-state index in [0.29, 0.717) is 0 Å². The Balaban J connectivity index is 1.06. The molecular formula is C46H28N4S. The first kappa shape index (κ1) is 28.3. The summed E-state index contributed by atoms with van der Waals surface area (Å²) in [6.07, 6.45) is 3.81. The van der Waals surface area contributed by atoms with Crippen LogP contribution in [0.2, 0.25) is 0 Å². The van der Waals surface area contributed by atoms with Gasteiger partial charge in [0.2, 0.25) is 0 Å². The van der Waals surface area contributed by atoms with Gasteiger partial charge in [0.05, 0.1) is 16.6 Å². The number of hydrogen-bond acceptors (Lipinski definition) is 3. The van der Waals surface area contributed by atoms with Crippen LogP contribution in [0.4, 0.5) is 0 Å². The number of fused-ring (bicyclic) bond motifs is 9. The van der Waals surface area contributed by atoms with Gasteiger partial charge in [-0.3, -0.25) is 9.13 Å². The van der Waals surface area contributed by atoms with Crippen molar-refractivity contribution in [1.82, 2.24) is 19.1 Å². The number of hydrogen-bond donors (Lipinski definition) is 0. The Labute approximate surface area is 297 Å². The number of pyridine rings is 2. The lowest BCUT2D eigenvalue weighted by atomic mass is 9.98. The second-order valence-electron chi connectivity index (χ2n) is 13.0. The molecular weight excluding hydrogens is 641 g/mol. The molecule has 0 fully saturated rings. The summed E-state index contributed by atoms with van der Waals surface area (Å²) < 4.78 is 7.22. The molecule has 0 unspecified atom stereocenters. The minimum atomic E-state index is 0.891. The van der Waals surface area contributed by atoms with Gasteiger partial charge in [0, 0.05) is 59.8 Å². The lowest BCUT2D eigenvalue weighted by Crippen LogP contribution is -1.98. The minimum Gasteiger partial charge on any atom is -0.294 e. The molecule has 6 aromatic carbocycles. The van der Waals surface area contributed by atoms with Crippen molar-refractivity contribution in [3.63, 3.8) is 0 Å². The van der Waals surface area contributed by atoms with Crippen LogP contribution in [0.15, 0.2) is 170 Å². The molecule has 0 aliphatic rings. The number of rotatable bonds is 4. The average Bonchev–Trinajstić information content (AvgIpc) is 3.86. The Morgan fingerprint density at radius 3 is 2.00 bits per heavy atom. The van der Waals surface area contributed by atoms with Crippen molar-refractivity contribution >= 4 is 75.3 Å². The van der Waals surface area contributed by atoms with E-state index in [9.17, 15) is 0 Å². The smallest absolute Gasteiger partial charge is 0.145 e. The van der Waals surface area contributed by atoms with Gasteiger partial charge in [-0.15, -0.1) is 11.3 Å². The number of aromatic nitrogens is 4. The lowest BCUT2D eigenvalue weighted by Gasteiger charge is -2.11. The van der Waals surface area contributed by atoms with Gasteiger partial charge >= 0.3 is 0 Å². The molecule has 0 saturated carbocycles. The van der Waals surface area contributed by atoms with Gasteiger partial charge in [0.1, 0.15) is 11.5 Å². The van der Waals surface area contributed by atoms with E-state index in [1.165, 1.54) is 47.5 Å². The highest BCUT2D eigenvalue weighted by molar-refractivity contribution is 7.26. The van der Waals surface area contributed by atoms with E-state index in [1.54, 1.807) is 0 Å². The van der Waals surface area contributed by atoms with Crippen LogP contribution in [0.5, 0.6) is 0 Å². The van der Waals surface area contributed by atoms with Crippen molar-refractivity contribution in [2.75, 3.05) is 0 Å². The molecule has 0 saturated heterocycles. The largest absolute Gasteiger partial charge is 0.294 e. The summed E-state index contributed by atoms with van der Waals surface area (Å²) >= 11 is 1.87. The Morgan fingerprint density at radius 2 is 1.10 bits per heavy atom. The van der Waals surface area contributed by atoms with Crippen LogP contribution in [0.25, 0.3) is 97.7 Å². The molecule has 5 aromatic heterocycles. The van der Waals surface area contributed by atoms with Crippen molar-refractivity contribution in [2.24, 2.45) is 0 Å². The second kappa shape index (κ2) is 11.0. The topological polar surface area (TPSA) is 35.6 Å². The maximum absolute atomic E-state index is 4.96. The maximum Gasteiger partial charge on any atom is 0.145 e. The van der Waals surface area contributed by atoms with E-state index in [2.05, 4.69) is 161 Å².